The fourth-order valence-corrected chi connectivity index (χ4v) is 2.90. The smallest absolute Gasteiger partial charge is 0.166 e. The van der Waals surface area contributed by atoms with Crippen molar-refractivity contribution in [1.82, 2.24) is 9.55 Å². The number of aldehydes is 1. The van der Waals surface area contributed by atoms with Gasteiger partial charge in [0.05, 0.1) is 10.7 Å². The van der Waals surface area contributed by atoms with Crippen LogP contribution in [-0.4, -0.2) is 15.8 Å². The van der Waals surface area contributed by atoms with E-state index in [9.17, 15) is 4.79 Å². The van der Waals surface area contributed by atoms with E-state index >= 15 is 0 Å². The van der Waals surface area contributed by atoms with Crippen LogP contribution in [0.2, 0.25) is 5.02 Å². The summed E-state index contributed by atoms with van der Waals surface area (Å²) in [5, 5.41) is 3.53. The molecular weight excluding hydrogens is 256 g/mol. The molecule has 0 atom stereocenters. The first kappa shape index (κ1) is 10.5. The number of hydrogen-bond acceptors (Lipinski definition) is 3. The summed E-state index contributed by atoms with van der Waals surface area (Å²) >= 11 is 7.68. The molecule has 0 bridgehead atoms. The second-order valence-electron chi connectivity index (χ2n) is 3.51. The number of hydrogen-bond donors (Lipinski definition) is 0. The van der Waals surface area contributed by atoms with Crippen molar-refractivity contribution in [3.8, 4) is 5.82 Å². The Labute approximate surface area is 106 Å². The van der Waals surface area contributed by atoms with Gasteiger partial charge in [-0.05, 0) is 29.6 Å². The molecule has 0 saturated carbocycles. The Bertz CT molecular complexity index is 701. The molecule has 3 nitrogen and oxygen atoms in total. The minimum Gasteiger partial charge on any atom is -0.296 e. The number of carbonyl (C=O) groups is 1. The molecular formula is C12H7ClN2OS. The molecule has 0 radical (unpaired) electrons. The SMILES string of the molecule is O=Cc1cc2ccsc2n1-c1ncccc1Cl. The van der Waals surface area contributed by atoms with Crippen molar-refractivity contribution in [2.45, 2.75) is 0 Å². The van der Waals surface area contributed by atoms with Crippen LogP contribution in [0.15, 0.2) is 35.8 Å². The van der Waals surface area contributed by atoms with Gasteiger partial charge in [-0.3, -0.25) is 9.36 Å². The number of fused-ring (bicyclic) bond motifs is 1. The van der Waals surface area contributed by atoms with E-state index in [1.54, 1.807) is 34.2 Å². The molecule has 84 valence electrons. The molecule has 0 N–H and O–H groups in total. The van der Waals surface area contributed by atoms with Crippen LogP contribution in [0.4, 0.5) is 0 Å². The maximum Gasteiger partial charge on any atom is 0.166 e. The lowest BCUT2D eigenvalue weighted by Crippen LogP contribution is -2.01. The Kier molecular flexibility index (Phi) is 2.46. The summed E-state index contributed by atoms with van der Waals surface area (Å²) in [5.41, 5.74) is 0.562. The van der Waals surface area contributed by atoms with Crippen LogP contribution in [-0.2, 0) is 0 Å². The van der Waals surface area contributed by atoms with Gasteiger partial charge in [-0.25, -0.2) is 4.98 Å². The Balaban J connectivity index is 2.39. The molecule has 17 heavy (non-hydrogen) atoms. The van der Waals surface area contributed by atoms with E-state index in [1.165, 1.54) is 0 Å². The highest BCUT2D eigenvalue weighted by atomic mass is 35.5. The van der Waals surface area contributed by atoms with Gasteiger partial charge < -0.3 is 0 Å². The third-order valence-corrected chi connectivity index (χ3v) is 3.72. The van der Waals surface area contributed by atoms with Crippen LogP contribution < -0.4 is 0 Å². The first-order chi connectivity index (χ1) is 8.31. The van der Waals surface area contributed by atoms with Crippen molar-refractivity contribution in [3.63, 3.8) is 0 Å². The quantitative estimate of drug-likeness (QED) is 0.662. The molecule has 3 heterocycles. The lowest BCUT2D eigenvalue weighted by Gasteiger charge is -2.06. The van der Waals surface area contributed by atoms with Crippen LogP contribution in [0, 0.1) is 0 Å². The van der Waals surface area contributed by atoms with Crippen molar-refractivity contribution >= 4 is 39.4 Å². The molecule has 0 fully saturated rings. The van der Waals surface area contributed by atoms with E-state index in [2.05, 4.69) is 4.98 Å². The summed E-state index contributed by atoms with van der Waals surface area (Å²) in [7, 11) is 0. The molecule has 0 amide bonds. The highest BCUT2D eigenvalue weighted by Gasteiger charge is 2.14. The van der Waals surface area contributed by atoms with Crippen LogP contribution in [0.5, 0.6) is 0 Å². The molecule has 0 aromatic carbocycles. The monoisotopic (exact) mass is 262 g/mol. The topological polar surface area (TPSA) is 34.9 Å². The number of rotatable bonds is 2. The average molecular weight is 263 g/mol. The predicted octanol–water partition coefficient (Wildman–Crippen LogP) is 3.55. The number of halogens is 1. The molecule has 0 aliphatic rings. The van der Waals surface area contributed by atoms with Crippen LogP contribution >= 0.6 is 22.9 Å². The Morgan fingerprint density at radius 2 is 2.29 bits per heavy atom. The molecule has 0 saturated heterocycles. The van der Waals surface area contributed by atoms with Crippen LogP contribution in [0.1, 0.15) is 10.5 Å². The summed E-state index contributed by atoms with van der Waals surface area (Å²) in [6.45, 7) is 0. The second-order valence-corrected chi connectivity index (χ2v) is 4.81. The zero-order valence-electron chi connectivity index (χ0n) is 8.63. The number of pyridine rings is 1. The fourth-order valence-electron chi connectivity index (χ4n) is 1.79. The van der Waals surface area contributed by atoms with Gasteiger partial charge >= 0.3 is 0 Å². The van der Waals surface area contributed by atoms with E-state index in [1.807, 2.05) is 17.5 Å². The first-order valence-corrected chi connectivity index (χ1v) is 6.22. The van der Waals surface area contributed by atoms with Gasteiger partial charge in [0, 0.05) is 11.6 Å². The van der Waals surface area contributed by atoms with E-state index in [4.69, 9.17) is 11.6 Å². The van der Waals surface area contributed by atoms with Gasteiger partial charge in [-0.2, -0.15) is 0 Å². The van der Waals surface area contributed by atoms with E-state index in [0.717, 1.165) is 16.5 Å². The van der Waals surface area contributed by atoms with E-state index in [-0.39, 0.29) is 0 Å². The van der Waals surface area contributed by atoms with Gasteiger partial charge in [-0.15, -0.1) is 11.3 Å². The van der Waals surface area contributed by atoms with Gasteiger partial charge in [-0.1, -0.05) is 11.6 Å². The number of thiophene rings is 1. The Morgan fingerprint density at radius 1 is 1.41 bits per heavy atom. The van der Waals surface area contributed by atoms with Gasteiger partial charge in [0.25, 0.3) is 0 Å². The molecule has 0 aliphatic heterocycles. The highest BCUT2D eigenvalue weighted by Crippen LogP contribution is 2.29. The number of aromatic nitrogens is 2. The summed E-state index contributed by atoms with van der Waals surface area (Å²) in [6.07, 6.45) is 2.48. The molecule has 3 rings (SSSR count). The lowest BCUT2D eigenvalue weighted by atomic mass is 10.4. The highest BCUT2D eigenvalue weighted by molar-refractivity contribution is 7.16. The van der Waals surface area contributed by atoms with Crippen LogP contribution in [0.25, 0.3) is 16.0 Å². The summed E-state index contributed by atoms with van der Waals surface area (Å²) < 4.78 is 1.79. The first-order valence-electron chi connectivity index (χ1n) is 4.96. The largest absolute Gasteiger partial charge is 0.296 e. The lowest BCUT2D eigenvalue weighted by molar-refractivity contribution is 0.111. The standard InChI is InChI=1S/C12H7ClN2OS/c13-10-2-1-4-14-11(10)15-9(7-16)6-8-3-5-17-12(8)15/h1-7H. The molecule has 0 aliphatic carbocycles. The molecule has 0 spiro atoms. The third kappa shape index (κ3) is 1.57. The average Bonchev–Trinajstić information content (AvgIpc) is 2.89. The molecule has 3 aromatic rings. The van der Waals surface area contributed by atoms with E-state index < -0.39 is 0 Å². The minimum atomic E-state index is 0.529. The fraction of sp³-hybridized carbons (Fsp3) is 0. The maximum absolute atomic E-state index is 11.1. The second kappa shape index (κ2) is 3.98. The summed E-state index contributed by atoms with van der Waals surface area (Å²) in [4.78, 5) is 16.3. The molecule has 5 heteroatoms. The van der Waals surface area contributed by atoms with Crippen LogP contribution in [0.3, 0.4) is 0 Å². The predicted molar refractivity (Wildman–Crippen MR) is 69.3 cm³/mol. The zero-order valence-corrected chi connectivity index (χ0v) is 10.2. The van der Waals surface area contributed by atoms with Crippen molar-refractivity contribution in [3.05, 3.63) is 46.6 Å². The number of nitrogens with zero attached hydrogens (tertiary/aromatic N) is 2. The maximum atomic E-state index is 11.1. The third-order valence-electron chi connectivity index (χ3n) is 2.51. The van der Waals surface area contributed by atoms with Crippen molar-refractivity contribution in [1.29, 1.82) is 0 Å². The van der Waals surface area contributed by atoms with Gasteiger partial charge in [0.15, 0.2) is 12.1 Å². The normalized spacial score (nSPS) is 10.9. The zero-order chi connectivity index (χ0) is 11.8. The van der Waals surface area contributed by atoms with Gasteiger partial charge in [0.1, 0.15) is 4.83 Å². The Morgan fingerprint density at radius 3 is 3.06 bits per heavy atom. The van der Waals surface area contributed by atoms with Crippen molar-refractivity contribution < 1.29 is 4.79 Å². The summed E-state index contributed by atoms with van der Waals surface area (Å²) in [6, 6.07) is 7.34. The van der Waals surface area contributed by atoms with E-state index in [0.29, 0.717) is 16.5 Å². The summed E-state index contributed by atoms with van der Waals surface area (Å²) in [5.74, 6) is 0.591. The van der Waals surface area contributed by atoms with Crippen molar-refractivity contribution in [2.75, 3.05) is 0 Å². The minimum absolute atomic E-state index is 0.529. The Hall–Kier alpha value is -1.65. The number of carbonyl (C=O) groups excluding carboxylic acids is 1. The molecule has 3 aromatic heterocycles. The van der Waals surface area contributed by atoms with Crippen molar-refractivity contribution in [2.24, 2.45) is 0 Å². The van der Waals surface area contributed by atoms with Gasteiger partial charge in [0.2, 0.25) is 0 Å². The molecule has 0 unspecified atom stereocenters.